The molecular weight excluding hydrogens is 488 g/mol. The van der Waals surface area contributed by atoms with Gasteiger partial charge in [-0.05, 0) is 46.5 Å². The van der Waals surface area contributed by atoms with Crippen LogP contribution in [0.4, 0.5) is 0 Å². The topological polar surface area (TPSA) is 33.9 Å². The Morgan fingerprint density at radius 2 is 0.875 bits per heavy atom. The minimum absolute atomic E-state index is 0.243. The van der Waals surface area contributed by atoms with Gasteiger partial charge in [0.2, 0.25) is 0 Å². The van der Waals surface area contributed by atoms with Crippen LogP contribution in [-0.2, 0) is 13.1 Å². The molecule has 4 heteroatoms. The second-order valence-electron chi connectivity index (χ2n) is 11.3. The van der Waals surface area contributed by atoms with Crippen molar-refractivity contribution >= 4 is 43.6 Å². The van der Waals surface area contributed by atoms with Gasteiger partial charge in [0.05, 0.1) is 23.1 Å². The van der Waals surface area contributed by atoms with E-state index in [-0.39, 0.29) is 12.1 Å². The van der Waals surface area contributed by atoms with Crippen LogP contribution in [0.3, 0.4) is 0 Å². The molecule has 9 rings (SSSR count). The van der Waals surface area contributed by atoms with Gasteiger partial charge < -0.3 is 19.8 Å². The molecule has 4 nitrogen and oxygen atoms in total. The average Bonchev–Trinajstić information content (AvgIpc) is 3.53. The predicted molar refractivity (Wildman–Crippen MR) is 165 cm³/mol. The second kappa shape index (κ2) is 8.56. The highest BCUT2D eigenvalue weighted by atomic mass is 15.1. The second-order valence-corrected chi connectivity index (χ2v) is 11.3. The largest absolute Gasteiger partial charge is 0.331 e. The van der Waals surface area contributed by atoms with Crippen LogP contribution in [0.1, 0.15) is 34.3 Å². The van der Waals surface area contributed by atoms with Crippen molar-refractivity contribution in [1.82, 2.24) is 19.8 Å². The Balaban J connectivity index is 1.40. The molecule has 0 spiro atoms. The lowest BCUT2D eigenvalue weighted by Crippen LogP contribution is -2.32. The van der Waals surface area contributed by atoms with Crippen LogP contribution >= 0.6 is 0 Å². The fourth-order valence-corrected chi connectivity index (χ4v) is 7.66. The molecule has 2 atom stereocenters. The van der Waals surface area contributed by atoms with Crippen molar-refractivity contribution in [2.75, 3.05) is 13.1 Å². The fourth-order valence-electron chi connectivity index (χ4n) is 7.66. The summed E-state index contributed by atoms with van der Waals surface area (Å²) in [6.45, 7) is 3.71. The van der Waals surface area contributed by atoms with Gasteiger partial charge in [0.1, 0.15) is 0 Å². The highest BCUT2D eigenvalue weighted by Crippen LogP contribution is 2.44. The van der Waals surface area contributed by atoms with E-state index >= 15 is 0 Å². The summed E-state index contributed by atoms with van der Waals surface area (Å²) in [6, 6.07) is 41.1. The monoisotopic (exact) mass is 518 g/mol. The number of benzene rings is 5. The van der Waals surface area contributed by atoms with Gasteiger partial charge >= 0.3 is 0 Å². The molecule has 0 radical (unpaired) electrons. The van der Waals surface area contributed by atoms with Crippen molar-refractivity contribution in [3.8, 4) is 0 Å². The van der Waals surface area contributed by atoms with E-state index in [9.17, 15) is 0 Å². The van der Waals surface area contributed by atoms with Crippen molar-refractivity contribution < 1.29 is 0 Å². The van der Waals surface area contributed by atoms with Crippen LogP contribution in [0.15, 0.2) is 109 Å². The lowest BCUT2D eigenvalue weighted by Gasteiger charge is -2.29. The standard InChI is InChI=1S/C36H30N4/c1-3-11-25-23(9-1)19-37-21-33(25)39-29-15-7-5-13-27(29)35-31(39)17-18-32-36(35)28-14-6-8-16-30(28)40(32)34-22-38-20-24-10-2-4-12-26(24)34/h1-18,33-34,37-38H,19-22H2. The zero-order chi connectivity index (χ0) is 26.2. The Kier molecular flexibility index (Phi) is 4.80. The lowest BCUT2D eigenvalue weighted by atomic mass is 9.96. The SMILES string of the molecule is c1ccc2c(c1)CNCC2n1c2ccccc2c2c3c4ccccc4n(C4CNCc5ccccc54)c3ccc21. The molecule has 2 unspecified atom stereocenters. The summed E-state index contributed by atoms with van der Waals surface area (Å²) >= 11 is 0. The smallest absolute Gasteiger partial charge is 0.0719 e. The van der Waals surface area contributed by atoms with Gasteiger partial charge in [-0.15, -0.1) is 0 Å². The van der Waals surface area contributed by atoms with Gasteiger partial charge in [-0.25, -0.2) is 0 Å². The summed E-state index contributed by atoms with van der Waals surface area (Å²) in [5, 5.41) is 12.8. The van der Waals surface area contributed by atoms with Crippen molar-refractivity contribution in [3.63, 3.8) is 0 Å². The predicted octanol–water partition coefficient (Wildman–Crippen LogP) is 7.29. The van der Waals surface area contributed by atoms with Gasteiger partial charge in [0.25, 0.3) is 0 Å². The van der Waals surface area contributed by atoms with Gasteiger partial charge in [-0.3, -0.25) is 0 Å². The lowest BCUT2D eigenvalue weighted by molar-refractivity contribution is 0.505. The number of nitrogens with one attached hydrogen (secondary N) is 2. The first kappa shape index (κ1) is 22.4. The normalized spacial score (nSPS) is 18.9. The quantitative estimate of drug-likeness (QED) is 0.252. The zero-order valence-corrected chi connectivity index (χ0v) is 22.3. The number of hydrogen-bond acceptors (Lipinski definition) is 2. The Labute approximate surface area is 232 Å². The molecular formula is C36H30N4. The zero-order valence-electron chi connectivity index (χ0n) is 22.3. The third kappa shape index (κ3) is 3.03. The Bertz CT molecular complexity index is 1940. The molecule has 0 aliphatic carbocycles. The van der Waals surface area contributed by atoms with Crippen LogP contribution in [0.5, 0.6) is 0 Å². The maximum absolute atomic E-state index is 3.70. The Morgan fingerprint density at radius 1 is 0.450 bits per heavy atom. The first-order valence-corrected chi connectivity index (χ1v) is 14.4. The van der Waals surface area contributed by atoms with Crippen molar-refractivity contribution in [3.05, 3.63) is 131 Å². The first-order valence-electron chi connectivity index (χ1n) is 14.4. The highest BCUT2D eigenvalue weighted by Gasteiger charge is 2.29. The van der Waals surface area contributed by atoms with E-state index in [4.69, 9.17) is 0 Å². The van der Waals surface area contributed by atoms with Crippen LogP contribution in [0.25, 0.3) is 43.6 Å². The molecule has 2 aromatic heterocycles. The van der Waals surface area contributed by atoms with Crippen LogP contribution in [-0.4, -0.2) is 22.2 Å². The van der Waals surface area contributed by atoms with Crippen LogP contribution in [0.2, 0.25) is 0 Å². The maximum atomic E-state index is 3.70. The van der Waals surface area contributed by atoms with E-state index in [1.165, 1.54) is 65.9 Å². The number of fused-ring (bicyclic) bond motifs is 9. The number of hydrogen-bond donors (Lipinski definition) is 2. The van der Waals surface area contributed by atoms with Gasteiger partial charge in [0, 0.05) is 58.8 Å². The van der Waals surface area contributed by atoms with Gasteiger partial charge in [-0.1, -0.05) is 84.9 Å². The van der Waals surface area contributed by atoms with E-state index in [0.717, 1.165) is 26.2 Å². The third-order valence-electron chi connectivity index (χ3n) is 9.30. The summed E-state index contributed by atoms with van der Waals surface area (Å²) in [6.07, 6.45) is 0. The van der Waals surface area contributed by atoms with Gasteiger partial charge in [0.15, 0.2) is 0 Å². The molecule has 194 valence electrons. The molecule has 5 aromatic carbocycles. The summed E-state index contributed by atoms with van der Waals surface area (Å²) in [4.78, 5) is 0. The minimum Gasteiger partial charge on any atom is -0.331 e. The number of para-hydroxylation sites is 2. The summed E-state index contributed by atoms with van der Waals surface area (Å²) in [5.74, 6) is 0. The first-order chi connectivity index (χ1) is 19.9. The summed E-state index contributed by atoms with van der Waals surface area (Å²) in [7, 11) is 0. The number of rotatable bonds is 2. The highest BCUT2D eigenvalue weighted by molar-refractivity contribution is 6.28. The Hall–Kier alpha value is -4.38. The molecule has 40 heavy (non-hydrogen) atoms. The molecule has 7 aromatic rings. The average molecular weight is 519 g/mol. The Morgan fingerprint density at radius 3 is 1.38 bits per heavy atom. The van der Waals surface area contributed by atoms with Crippen molar-refractivity contribution in [2.45, 2.75) is 25.2 Å². The summed E-state index contributed by atoms with van der Waals surface area (Å²) in [5.41, 5.74) is 10.9. The third-order valence-corrected chi connectivity index (χ3v) is 9.30. The van der Waals surface area contributed by atoms with E-state index < -0.39 is 0 Å². The van der Waals surface area contributed by atoms with E-state index in [1.54, 1.807) is 0 Å². The minimum atomic E-state index is 0.243. The molecule has 2 aliphatic heterocycles. The number of nitrogens with zero attached hydrogens (tertiary/aromatic N) is 2. The molecule has 4 heterocycles. The van der Waals surface area contributed by atoms with Crippen molar-refractivity contribution in [2.24, 2.45) is 0 Å². The molecule has 0 saturated carbocycles. The van der Waals surface area contributed by atoms with Crippen LogP contribution in [0, 0.1) is 0 Å². The van der Waals surface area contributed by atoms with E-state index in [2.05, 4.69) is 129 Å². The number of aromatic nitrogens is 2. The molecule has 0 saturated heterocycles. The van der Waals surface area contributed by atoms with E-state index in [1.807, 2.05) is 0 Å². The molecule has 0 fully saturated rings. The van der Waals surface area contributed by atoms with E-state index in [0.29, 0.717) is 0 Å². The van der Waals surface area contributed by atoms with Crippen molar-refractivity contribution in [1.29, 1.82) is 0 Å². The summed E-state index contributed by atoms with van der Waals surface area (Å²) < 4.78 is 5.19. The molecule has 0 bridgehead atoms. The fraction of sp³-hybridized carbons (Fsp3) is 0.167. The molecule has 2 aliphatic rings. The molecule has 0 amide bonds. The van der Waals surface area contributed by atoms with Crippen LogP contribution < -0.4 is 10.6 Å². The van der Waals surface area contributed by atoms with Gasteiger partial charge in [-0.2, -0.15) is 0 Å². The molecule has 2 N–H and O–H groups in total. The maximum Gasteiger partial charge on any atom is 0.0719 e.